The molecule has 3 rings (SSSR count). The van der Waals surface area contributed by atoms with Crippen LogP contribution in [0.25, 0.3) is 11.4 Å². The molecule has 0 unspecified atom stereocenters. The fourth-order valence-corrected chi connectivity index (χ4v) is 3.72. The highest BCUT2D eigenvalue weighted by Gasteiger charge is 2.18. The molecule has 1 heterocycles. The van der Waals surface area contributed by atoms with Crippen LogP contribution in [0.1, 0.15) is 19.4 Å². The Kier molecular flexibility index (Phi) is 8.38. The Bertz CT molecular complexity index is 1060. The third-order valence-electron chi connectivity index (χ3n) is 4.55. The molecular weight excluding hydrogens is 429 g/mol. The van der Waals surface area contributed by atoms with Gasteiger partial charge in [-0.1, -0.05) is 68.1 Å². The monoisotopic (exact) mass is 455 g/mol. The molecule has 7 nitrogen and oxygen atoms in total. The lowest BCUT2D eigenvalue weighted by Crippen LogP contribution is -2.41. The van der Waals surface area contributed by atoms with E-state index in [2.05, 4.69) is 20.8 Å². The molecule has 0 saturated heterocycles. The van der Waals surface area contributed by atoms with E-state index in [4.69, 9.17) is 0 Å². The minimum Gasteiger partial charge on any atom is -0.338 e. The smallest absolute Gasteiger partial charge is 0.321 e. The summed E-state index contributed by atoms with van der Waals surface area (Å²) in [6.07, 6.45) is 0.692. The van der Waals surface area contributed by atoms with Crippen LogP contribution in [0, 0.1) is 11.7 Å². The van der Waals surface area contributed by atoms with Crippen LogP contribution in [0.15, 0.2) is 59.8 Å². The summed E-state index contributed by atoms with van der Waals surface area (Å²) in [6, 6.07) is 15.8. The molecule has 0 fully saturated rings. The highest BCUT2D eigenvalue weighted by Crippen LogP contribution is 2.26. The van der Waals surface area contributed by atoms with Gasteiger partial charge in [-0.3, -0.25) is 10.1 Å². The first-order chi connectivity index (χ1) is 15.4. The largest absolute Gasteiger partial charge is 0.338 e. The minimum atomic E-state index is -0.526. The molecular formula is C23H26FN5O2S. The lowest BCUT2D eigenvalue weighted by Gasteiger charge is -2.11. The van der Waals surface area contributed by atoms with Crippen molar-refractivity contribution < 1.29 is 14.0 Å². The summed E-state index contributed by atoms with van der Waals surface area (Å²) in [5, 5.41) is 13.8. The number of aromatic nitrogens is 3. The van der Waals surface area contributed by atoms with E-state index >= 15 is 0 Å². The molecule has 0 radical (unpaired) electrons. The summed E-state index contributed by atoms with van der Waals surface area (Å²) in [6.45, 7) is 4.92. The Hall–Kier alpha value is -3.20. The Morgan fingerprint density at radius 3 is 2.50 bits per heavy atom. The second-order valence-electron chi connectivity index (χ2n) is 7.61. The van der Waals surface area contributed by atoms with Crippen molar-refractivity contribution in [2.45, 2.75) is 32.0 Å². The highest BCUT2D eigenvalue weighted by atomic mass is 32.2. The number of rotatable bonds is 9. The van der Waals surface area contributed by atoms with Crippen LogP contribution < -0.4 is 10.6 Å². The SMILES string of the molecule is CC(C)CNC(=O)NC(=O)CSc1nnc(-c2ccccc2F)n1CCc1ccccc1. The quantitative estimate of drug-likeness (QED) is 0.478. The van der Waals surface area contributed by atoms with Gasteiger partial charge in [-0.25, -0.2) is 9.18 Å². The van der Waals surface area contributed by atoms with Crippen molar-refractivity contribution in [3.63, 3.8) is 0 Å². The summed E-state index contributed by atoms with van der Waals surface area (Å²) in [4.78, 5) is 24.0. The zero-order valence-electron chi connectivity index (χ0n) is 18.0. The fourth-order valence-electron chi connectivity index (χ4n) is 2.96. The zero-order chi connectivity index (χ0) is 22.9. The Morgan fingerprint density at radius 1 is 1.06 bits per heavy atom. The van der Waals surface area contributed by atoms with Crippen molar-refractivity contribution >= 4 is 23.7 Å². The molecule has 168 valence electrons. The maximum atomic E-state index is 14.4. The Morgan fingerprint density at radius 2 is 1.78 bits per heavy atom. The second kappa shape index (κ2) is 11.4. The van der Waals surface area contributed by atoms with Crippen molar-refractivity contribution in [1.29, 1.82) is 0 Å². The summed E-state index contributed by atoms with van der Waals surface area (Å²) >= 11 is 1.15. The van der Waals surface area contributed by atoms with Gasteiger partial charge in [0, 0.05) is 13.1 Å². The minimum absolute atomic E-state index is 0.0180. The molecule has 9 heteroatoms. The number of thioether (sulfide) groups is 1. The first-order valence-electron chi connectivity index (χ1n) is 10.4. The lowest BCUT2D eigenvalue weighted by atomic mass is 10.1. The molecule has 0 aliphatic rings. The van der Waals surface area contributed by atoms with Crippen molar-refractivity contribution in [2.75, 3.05) is 12.3 Å². The number of carbonyl (C=O) groups is 2. The van der Waals surface area contributed by atoms with Gasteiger partial charge in [0.2, 0.25) is 5.91 Å². The van der Waals surface area contributed by atoms with E-state index in [1.807, 2.05) is 48.7 Å². The number of halogens is 1. The number of imide groups is 1. The lowest BCUT2D eigenvalue weighted by molar-refractivity contribution is -0.117. The van der Waals surface area contributed by atoms with Crippen molar-refractivity contribution in [1.82, 2.24) is 25.4 Å². The van der Waals surface area contributed by atoms with Gasteiger partial charge in [0.05, 0.1) is 11.3 Å². The highest BCUT2D eigenvalue weighted by molar-refractivity contribution is 7.99. The fraction of sp³-hybridized carbons (Fsp3) is 0.304. The first kappa shape index (κ1) is 23.5. The predicted octanol–water partition coefficient (Wildman–Crippen LogP) is 3.90. The molecule has 1 aromatic heterocycles. The Labute approximate surface area is 190 Å². The van der Waals surface area contributed by atoms with Crippen LogP contribution in [0.3, 0.4) is 0 Å². The third-order valence-corrected chi connectivity index (χ3v) is 5.52. The van der Waals surface area contributed by atoms with Crippen LogP contribution in [0.5, 0.6) is 0 Å². The van der Waals surface area contributed by atoms with Gasteiger partial charge in [0.15, 0.2) is 11.0 Å². The number of hydrogen-bond acceptors (Lipinski definition) is 5. The predicted molar refractivity (Wildman–Crippen MR) is 123 cm³/mol. The average Bonchev–Trinajstić information content (AvgIpc) is 3.18. The zero-order valence-corrected chi connectivity index (χ0v) is 18.9. The molecule has 3 amide bonds. The van der Waals surface area contributed by atoms with Crippen LogP contribution >= 0.6 is 11.8 Å². The van der Waals surface area contributed by atoms with Gasteiger partial charge in [-0.2, -0.15) is 0 Å². The number of amides is 3. The Balaban J connectivity index is 1.72. The molecule has 0 saturated carbocycles. The van der Waals surface area contributed by atoms with Gasteiger partial charge in [-0.15, -0.1) is 10.2 Å². The van der Waals surface area contributed by atoms with Gasteiger partial charge in [-0.05, 0) is 30.0 Å². The van der Waals surface area contributed by atoms with E-state index in [1.165, 1.54) is 6.07 Å². The summed E-state index contributed by atoms with van der Waals surface area (Å²) in [7, 11) is 0. The van der Waals surface area contributed by atoms with Gasteiger partial charge in [0.25, 0.3) is 0 Å². The van der Waals surface area contributed by atoms with Crippen molar-refractivity contribution in [3.8, 4) is 11.4 Å². The molecule has 2 N–H and O–H groups in total. The number of urea groups is 1. The normalized spacial score (nSPS) is 10.9. The van der Waals surface area contributed by atoms with Gasteiger partial charge in [0.1, 0.15) is 5.82 Å². The topological polar surface area (TPSA) is 88.9 Å². The number of nitrogens with zero attached hydrogens (tertiary/aromatic N) is 3. The third kappa shape index (κ3) is 6.65. The molecule has 0 bridgehead atoms. The van der Waals surface area contributed by atoms with Gasteiger partial charge < -0.3 is 9.88 Å². The number of carbonyl (C=O) groups excluding carboxylic acids is 2. The molecule has 0 aliphatic heterocycles. The van der Waals surface area contributed by atoms with E-state index in [-0.39, 0.29) is 11.7 Å². The maximum absolute atomic E-state index is 14.4. The molecule has 0 spiro atoms. The molecule has 3 aromatic rings. The van der Waals surface area contributed by atoms with Crippen LogP contribution in [-0.4, -0.2) is 39.0 Å². The maximum Gasteiger partial charge on any atom is 0.321 e. The summed E-state index contributed by atoms with van der Waals surface area (Å²) in [5.74, 6) is -0.171. The number of benzene rings is 2. The van der Waals surface area contributed by atoms with Crippen molar-refractivity contribution in [3.05, 3.63) is 66.0 Å². The van der Waals surface area contributed by atoms with Crippen LogP contribution in [-0.2, 0) is 17.8 Å². The summed E-state index contributed by atoms with van der Waals surface area (Å²) in [5.41, 5.74) is 1.47. The van der Waals surface area contributed by atoms with E-state index in [0.717, 1.165) is 17.3 Å². The van der Waals surface area contributed by atoms with E-state index < -0.39 is 17.8 Å². The molecule has 0 aliphatic carbocycles. The van der Waals surface area contributed by atoms with Gasteiger partial charge >= 0.3 is 6.03 Å². The first-order valence-corrected chi connectivity index (χ1v) is 11.3. The molecule has 2 aromatic carbocycles. The average molecular weight is 456 g/mol. The number of nitrogens with one attached hydrogen (secondary N) is 2. The number of aryl methyl sites for hydroxylation is 1. The van der Waals surface area contributed by atoms with Crippen LogP contribution in [0.2, 0.25) is 0 Å². The van der Waals surface area contributed by atoms with E-state index in [9.17, 15) is 14.0 Å². The summed E-state index contributed by atoms with van der Waals surface area (Å²) < 4.78 is 16.2. The number of hydrogen-bond donors (Lipinski definition) is 2. The van der Waals surface area contributed by atoms with E-state index in [1.54, 1.807) is 18.2 Å². The van der Waals surface area contributed by atoms with Crippen LogP contribution in [0.4, 0.5) is 9.18 Å². The van der Waals surface area contributed by atoms with Crippen molar-refractivity contribution in [2.24, 2.45) is 5.92 Å². The second-order valence-corrected chi connectivity index (χ2v) is 8.56. The molecule has 0 atom stereocenters. The standard InChI is InChI=1S/C23H26FN5O2S/c1-16(2)14-25-22(31)26-20(30)15-32-23-28-27-21(18-10-6-7-11-19(18)24)29(23)13-12-17-8-4-3-5-9-17/h3-11,16H,12-15H2,1-2H3,(H2,25,26,30,31). The molecule has 32 heavy (non-hydrogen) atoms. The van der Waals surface area contributed by atoms with E-state index in [0.29, 0.717) is 36.1 Å².